The molecule has 2 rings (SSSR count). The molecule has 2 heterocycles. The third-order valence-corrected chi connectivity index (χ3v) is 4.63. The number of rotatable bonds is 6. The van der Waals surface area contributed by atoms with Crippen LogP contribution in [0.1, 0.15) is 30.3 Å². The van der Waals surface area contributed by atoms with Crippen LogP contribution < -0.4 is 5.32 Å². The second kappa shape index (κ2) is 7.06. The summed E-state index contributed by atoms with van der Waals surface area (Å²) in [7, 11) is 0. The number of amides is 1. The van der Waals surface area contributed by atoms with Gasteiger partial charge in [0.15, 0.2) is 0 Å². The highest BCUT2D eigenvalue weighted by atomic mass is 127. The zero-order valence-electron chi connectivity index (χ0n) is 12.6. The Balaban J connectivity index is 1.82. The van der Waals surface area contributed by atoms with Gasteiger partial charge in [-0.05, 0) is 43.4 Å². The molecule has 1 N–H and O–H groups in total. The highest BCUT2D eigenvalue weighted by Gasteiger charge is 2.09. The van der Waals surface area contributed by atoms with Crippen LogP contribution in [0.5, 0.6) is 0 Å². The van der Waals surface area contributed by atoms with E-state index in [-0.39, 0.29) is 5.91 Å². The van der Waals surface area contributed by atoms with Crippen LogP contribution >= 0.6 is 22.6 Å². The first kappa shape index (κ1) is 16.0. The van der Waals surface area contributed by atoms with Gasteiger partial charge in [0.25, 0.3) is 0 Å². The standard InChI is InChI=1S/C14H20IN5O/c1-4-19-10(2)12(8-17-19)7-16-14(21)5-6-20-11(3)13(15)9-18-20/h8-9H,4-7H2,1-3H3,(H,16,21). The van der Waals surface area contributed by atoms with E-state index in [1.807, 2.05) is 35.6 Å². The number of carbonyl (C=O) groups excluding carboxylic acids is 1. The molecule has 0 fully saturated rings. The van der Waals surface area contributed by atoms with Crippen LogP contribution in [-0.2, 0) is 24.4 Å². The summed E-state index contributed by atoms with van der Waals surface area (Å²) >= 11 is 2.24. The predicted molar refractivity (Wildman–Crippen MR) is 88.8 cm³/mol. The second-order valence-electron chi connectivity index (χ2n) is 4.90. The van der Waals surface area contributed by atoms with Crippen LogP contribution in [-0.4, -0.2) is 25.5 Å². The smallest absolute Gasteiger partial charge is 0.222 e. The molecular formula is C14H20IN5O. The maximum Gasteiger partial charge on any atom is 0.222 e. The van der Waals surface area contributed by atoms with Crippen LogP contribution in [0.3, 0.4) is 0 Å². The van der Waals surface area contributed by atoms with E-state index in [0.717, 1.165) is 27.1 Å². The van der Waals surface area contributed by atoms with Crippen molar-refractivity contribution in [3.63, 3.8) is 0 Å². The minimum atomic E-state index is 0.0311. The first-order valence-electron chi connectivity index (χ1n) is 6.98. The van der Waals surface area contributed by atoms with Crippen LogP contribution in [0.15, 0.2) is 12.4 Å². The number of nitrogens with one attached hydrogen (secondary N) is 1. The van der Waals surface area contributed by atoms with Crippen LogP contribution in [0, 0.1) is 17.4 Å². The number of halogens is 1. The maximum absolute atomic E-state index is 11.9. The van der Waals surface area contributed by atoms with Crippen molar-refractivity contribution in [2.45, 2.75) is 46.8 Å². The van der Waals surface area contributed by atoms with E-state index in [1.165, 1.54) is 0 Å². The lowest BCUT2D eigenvalue weighted by Gasteiger charge is -2.07. The highest BCUT2D eigenvalue weighted by molar-refractivity contribution is 14.1. The molecule has 0 atom stereocenters. The molecule has 2 aromatic rings. The fraction of sp³-hybridized carbons (Fsp3) is 0.500. The number of hydrogen-bond acceptors (Lipinski definition) is 3. The quantitative estimate of drug-likeness (QED) is 0.754. The normalized spacial score (nSPS) is 10.9. The molecule has 0 aliphatic heterocycles. The largest absolute Gasteiger partial charge is 0.352 e. The average molecular weight is 401 g/mol. The average Bonchev–Trinajstić information content (AvgIpc) is 2.99. The molecule has 0 saturated heterocycles. The molecule has 0 bridgehead atoms. The first-order valence-corrected chi connectivity index (χ1v) is 8.06. The molecule has 1 amide bonds. The van der Waals surface area contributed by atoms with E-state index in [9.17, 15) is 4.79 Å². The molecule has 0 radical (unpaired) electrons. The van der Waals surface area contributed by atoms with Gasteiger partial charge in [-0.25, -0.2) is 0 Å². The van der Waals surface area contributed by atoms with Gasteiger partial charge in [0.2, 0.25) is 5.91 Å². The van der Waals surface area contributed by atoms with E-state index in [4.69, 9.17) is 0 Å². The summed E-state index contributed by atoms with van der Waals surface area (Å²) < 4.78 is 4.91. The third kappa shape index (κ3) is 3.84. The summed E-state index contributed by atoms with van der Waals surface area (Å²) in [6.07, 6.45) is 4.06. The van der Waals surface area contributed by atoms with E-state index in [1.54, 1.807) is 0 Å². The monoisotopic (exact) mass is 401 g/mol. The van der Waals surface area contributed by atoms with Crippen molar-refractivity contribution in [2.24, 2.45) is 0 Å². The van der Waals surface area contributed by atoms with Gasteiger partial charge < -0.3 is 5.32 Å². The highest BCUT2D eigenvalue weighted by Crippen LogP contribution is 2.10. The molecule has 0 spiro atoms. The molecule has 0 aliphatic rings. The van der Waals surface area contributed by atoms with Crippen LogP contribution in [0.2, 0.25) is 0 Å². The Bertz CT molecular complexity index is 631. The summed E-state index contributed by atoms with van der Waals surface area (Å²) in [4.78, 5) is 11.9. The number of aryl methyl sites for hydroxylation is 2. The molecule has 0 unspecified atom stereocenters. The minimum Gasteiger partial charge on any atom is -0.352 e. The van der Waals surface area contributed by atoms with Crippen molar-refractivity contribution in [2.75, 3.05) is 0 Å². The van der Waals surface area contributed by atoms with Crippen LogP contribution in [0.25, 0.3) is 0 Å². The Labute approximate surface area is 138 Å². The molecule has 2 aromatic heterocycles. The Morgan fingerprint density at radius 1 is 1.24 bits per heavy atom. The number of carbonyl (C=O) groups is 1. The fourth-order valence-corrected chi connectivity index (χ4v) is 2.52. The zero-order chi connectivity index (χ0) is 15.4. The maximum atomic E-state index is 11.9. The lowest BCUT2D eigenvalue weighted by atomic mass is 10.2. The van der Waals surface area contributed by atoms with Crippen LogP contribution in [0.4, 0.5) is 0 Å². The third-order valence-electron chi connectivity index (χ3n) is 3.57. The lowest BCUT2D eigenvalue weighted by molar-refractivity contribution is -0.121. The van der Waals surface area contributed by atoms with E-state index in [2.05, 4.69) is 45.0 Å². The lowest BCUT2D eigenvalue weighted by Crippen LogP contribution is -2.24. The first-order chi connectivity index (χ1) is 10.0. The Hall–Kier alpha value is -1.38. The van der Waals surface area contributed by atoms with Crippen molar-refractivity contribution in [1.29, 1.82) is 0 Å². The number of nitrogens with zero attached hydrogens (tertiary/aromatic N) is 4. The second-order valence-corrected chi connectivity index (χ2v) is 6.06. The number of hydrogen-bond donors (Lipinski definition) is 1. The van der Waals surface area contributed by atoms with E-state index in [0.29, 0.717) is 19.5 Å². The van der Waals surface area contributed by atoms with Gasteiger partial charge in [-0.3, -0.25) is 14.2 Å². The van der Waals surface area contributed by atoms with E-state index >= 15 is 0 Å². The van der Waals surface area contributed by atoms with Crippen molar-refractivity contribution < 1.29 is 4.79 Å². The van der Waals surface area contributed by atoms with Crippen molar-refractivity contribution in [3.8, 4) is 0 Å². The van der Waals surface area contributed by atoms with Gasteiger partial charge in [-0.15, -0.1) is 0 Å². The summed E-state index contributed by atoms with van der Waals surface area (Å²) in [6.45, 7) is 8.06. The van der Waals surface area contributed by atoms with Crippen molar-refractivity contribution >= 4 is 28.5 Å². The molecule has 0 aromatic carbocycles. The minimum absolute atomic E-state index is 0.0311. The zero-order valence-corrected chi connectivity index (χ0v) is 14.7. The summed E-state index contributed by atoms with van der Waals surface area (Å²) in [6, 6.07) is 0. The molecule has 0 saturated carbocycles. The molecule has 7 heteroatoms. The summed E-state index contributed by atoms with van der Waals surface area (Å²) in [5.74, 6) is 0.0311. The van der Waals surface area contributed by atoms with Gasteiger partial charge in [-0.1, -0.05) is 0 Å². The molecular weight excluding hydrogens is 381 g/mol. The predicted octanol–water partition coefficient (Wildman–Crippen LogP) is 2.03. The van der Waals surface area contributed by atoms with Gasteiger partial charge in [-0.2, -0.15) is 10.2 Å². The van der Waals surface area contributed by atoms with E-state index < -0.39 is 0 Å². The molecule has 21 heavy (non-hydrogen) atoms. The van der Waals surface area contributed by atoms with Gasteiger partial charge in [0.1, 0.15) is 0 Å². The topological polar surface area (TPSA) is 64.7 Å². The van der Waals surface area contributed by atoms with Gasteiger partial charge in [0, 0.05) is 43.0 Å². The molecule has 6 nitrogen and oxygen atoms in total. The summed E-state index contributed by atoms with van der Waals surface area (Å²) in [5.41, 5.74) is 3.27. The van der Waals surface area contributed by atoms with Crippen molar-refractivity contribution in [1.82, 2.24) is 24.9 Å². The van der Waals surface area contributed by atoms with Gasteiger partial charge in [0.05, 0.1) is 16.0 Å². The Morgan fingerprint density at radius 2 is 1.95 bits per heavy atom. The van der Waals surface area contributed by atoms with Crippen molar-refractivity contribution in [3.05, 3.63) is 32.9 Å². The molecule has 114 valence electrons. The Kier molecular flexibility index (Phi) is 5.38. The molecule has 0 aliphatic carbocycles. The SMILES string of the molecule is CCn1ncc(CNC(=O)CCn2ncc(I)c2C)c1C. The Morgan fingerprint density at radius 3 is 2.52 bits per heavy atom. The number of aromatic nitrogens is 4. The fourth-order valence-electron chi connectivity index (χ4n) is 2.12. The summed E-state index contributed by atoms with van der Waals surface area (Å²) in [5, 5.41) is 11.5. The van der Waals surface area contributed by atoms with Gasteiger partial charge >= 0.3 is 0 Å².